The molecule has 0 aliphatic carbocycles. The molecule has 3 aromatic rings. The van der Waals surface area contributed by atoms with Crippen LogP contribution in [0.25, 0.3) is 11.2 Å². The Hall–Kier alpha value is -3.82. The summed E-state index contributed by atoms with van der Waals surface area (Å²) in [4.78, 5) is 33.4. The van der Waals surface area contributed by atoms with E-state index in [1.54, 1.807) is 42.8 Å². The molecule has 32 heavy (non-hydrogen) atoms. The van der Waals surface area contributed by atoms with Crippen LogP contribution in [0.5, 0.6) is 0 Å². The molecule has 2 N–H and O–H groups in total. The SMILES string of the molecule is CC#CCn1c(N2CCCC(N)C2)nc2c1c(=O)n(Cc1ccccc1C#N)c(=O)n2C. The maximum atomic E-state index is 13.6. The molecule has 0 radical (unpaired) electrons. The van der Waals surface area contributed by atoms with Gasteiger partial charge in [-0.2, -0.15) is 10.2 Å². The number of nitriles is 1. The molecule has 2 aromatic heterocycles. The maximum absolute atomic E-state index is 13.6. The van der Waals surface area contributed by atoms with E-state index in [-0.39, 0.29) is 19.1 Å². The second-order valence-electron chi connectivity index (χ2n) is 7.95. The van der Waals surface area contributed by atoms with E-state index < -0.39 is 11.2 Å². The van der Waals surface area contributed by atoms with Gasteiger partial charge in [0.15, 0.2) is 11.2 Å². The summed E-state index contributed by atoms with van der Waals surface area (Å²) in [5.41, 5.74) is 6.91. The summed E-state index contributed by atoms with van der Waals surface area (Å²) in [7, 11) is 1.60. The van der Waals surface area contributed by atoms with Crippen LogP contribution in [0.15, 0.2) is 33.9 Å². The summed E-state index contributed by atoms with van der Waals surface area (Å²) in [6, 6.07) is 9.09. The van der Waals surface area contributed by atoms with E-state index in [2.05, 4.69) is 27.8 Å². The molecule has 0 amide bonds. The van der Waals surface area contributed by atoms with Gasteiger partial charge in [0.1, 0.15) is 0 Å². The molecule has 0 spiro atoms. The van der Waals surface area contributed by atoms with Crippen molar-refractivity contribution >= 4 is 17.1 Å². The van der Waals surface area contributed by atoms with Gasteiger partial charge in [-0.1, -0.05) is 24.1 Å². The lowest BCUT2D eigenvalue weighted by Crippen LogP contribution is -2.44. The predicted octanol–water partition coefficient (Wildman–Crippen LogP) is 0.767. The third-order valence-corrected chi connectivity index (χ3v) is 5.83. The first kappa shape index (κ1) is 21.4. The molecule has 1 saturated heterocycles. The highest BCUT2D eigenvalue weighted by molar-refractivity contribution is 5.75. The van der Waals surface area contributed by atoms with Crippen LogP contribution in [0.1, 0.15) is 30.9 Å². The van der Waals surface area contributed by atoms with Crippen LogP contribution >= 0.6 is 0 Å². The molecule has 0 bridgehead atoms. The third-order valence-electron chi connectivity index (χ3n) is 5.83. The number of benzene rings is 1. The molecular weight excluding hydrogens is 406 g/mol. The molecule has 3 heterocycles. The van der Waals surface area contributed by atoms with Crippen LogP contribution in [-0.2, 0) is 20.1 Å². The van der Waals surface area contributed by atoms with Crippen molar-refractivity contribution in [3.05, 3.63) is 56.2 Å². The Morgan fingerprint density at radius 1 is 1.25 bits per heavy atom. The van der Waals surface area contributed by atoms with E-state index in [4.69, 9.17) is 5.73 Å². The second-order valence-corrected chi connectivity index (χ2v) is 7.95. The van der Waals surface area contributed by atoms with E-state index in [0.717, 1.165) is 24.0 Å². The number of piperidine rings is 1. The zero-order chi connectivity index (χ0) is 22.8. The monoisotopic (exact) mass is 431 g/mol. The highest BCUT2D eigenvalue weighted by Gasteiger charge is 2.26. The molecule has 1 aliphatic heterocycles. The minimum atomic E-state index is -0.483. The number of nitrogens with two attached hydrogens (primary N) is 1. The van der Waals surface area contributed by atoms with Crippen molar-refractivity contribution in [2.75, 3.05) is 18.0 Å². The first-order chi connectivity index (χ1) is 15.5. The van der Waals surface area contributed by atoms with Gasteiger partial charge >= 0.3 is 5.69 Å². The number of rotatable bonds is 4. The molecule has 164 valence electrons. The molecule has 4 rings (SSSR count). The average molecular weight is 432 g/mol. The Kier molecular flexibility index (Phi) is 5.85. The van der Waals surface area contributed by atoms with Gasteiger partial charge < -0.3 is 10.6 Å². The Morgan fingerprint density at radius 3 is 2.75 bits per heavy atom. The molecule has 9 heteroatoms. The quantitative estimate of drug-likeness (QED) is 0.610. The highest BCUT2D eigenvalue weighted by atomic mass is 16.2. The fourth-order valence-electron chi connectivity index (χ4n) is 4.18. The molecule has 1 aliphatic rings. The first-order valence-electron chi connectivity index (χ1n) is 10.5. The van der Waals surface area contributed by atoms with Gasteiger partial charge in [0.2, 0.25) is 5.95 Å². The Labute approximate surface area is 185 Å². The molecular formula is C23H25N7O2. The van der Waals surface area contributed by atoms with Crippen molar-refractivity contribution in [3.63, 3.8) is 0 Å². The van der Waals surface area contributed by atoms with Crippen molar-refractivity contribution in [1.29, 1.82) is 5.26 Å². The van der Waals surface area contributed by atoms with Crippen LogP contribution in [0.3, 0.4) is 0 Å². The number of nitrogens with zero attached hydrogens (tertiary/aromatic N) is 6. The lowest BCUT2D eigenvalue weighted by atomic mass is 10.1. The molecule has 0 saturated carbocycles. The average Bonchev–Trinajstić information content (AvgIpc) is 3.19. The minimum Gasteiger partial charge on any atom is -0.341 e. The lowest BCUT2D eigenvalue weighted by Gasteiger charge is -2.31. The fraction of sp³-hybridized carbons (Fsp3) is 0.391. The number of imidazole rings is 1. The van der Waals surface area contributed by atoms with Crippen molar-refractivity contribution in [3.8, 4) is 17.9 Å². The van der Waals surface area contributed by atoms with Crippen molar-refractivity contribution in [2.24, 2.45) is 12.8 Å². The third kappa shape index (κ3) is 3.68. The fourth-order valence-corrected chi connectivity index (χ4v) is 4.18. The minimum absolute atomic E-state index is 0.000260. The van der Waals surface area contributed by atoms with Crippen LogP contribution in [0, 0.1) is 23.2 Å². The van der Waals surface area contributed by atoms with Gasteiger partial charge in [0, 0.05) is 26.2 Å². The Bertz CT molecular complexity index is 1390. The molecule has 1 unspecified atom stereocenters. The number of aromatic nitrogens is 4. The molecule has 1 aromatic carbocycles. The van der Waals surface area contributed by atoms with Crippen LogP contribution in [0.4, 0.5) is 5.95 Å². The van der Waals surface area contributed by atoms with E-state index in [1.807, 2.05) is 0 Å². The van der Waals surface area contributed by atoms with E-state index in [0.29, 0.717) is 34.8 Å². The first-order valence-corrected chi connectivity index (χ1v) is 10.5. The standard InChI is InChI=1S/C23H25N7O2/c1-3-4-12-29-19-20(26-22(29)28-11-7-10-18(25)15-28)27(2)23(32)30(21(19)31)14-17-9-6-5-8-16(17)13-24/h5-6,8-9,18H,7,10-12,14-15,25H2,1-2H3. The number of hydrogen-bond donors (Lipinski definition) is 1. The molecule has 1 fully saturated rings. The van der Waals surface area contributed by atoms with Crippen LogP contribution < -0.4 is 21.9 Å². The maximum Gasteiger partial charge on any atom is 0.332 e. The van der Waals surface area contributed by atoms with Crippen molar-refractivity contribution in [1.82, 2.24) is 18.7 Å². The van der Waals surface area contributed by atoms with Gasteiger partial charge in [-0.15, -0.1) is 5.92 Å². The van der Waals surface area contributed by atoms with Gasteiger partial charge in [0.05, 0.1) is 24.7 Å². The number of aryl methyl sites for hydroxylation is 1. The van der Waals surface area contributed by atoms with Crippen molar-refractivity contribution in [2.45, 2.75) is 38.9 Å². The zero-order valence-electron chi connectivity index (χ0n) is 18.2. The Morgan fingerprint density at radius 2 is 2.03 bits per heavy atom. The van der Waals surface area contributed by atoms with Crippen LogP contribution in [-0.4, -0.2) is 37.8 Å². The molecule has 1 atom stereocenters. The van der Waals surface area contributed by atoms with E-state index >= 15 is 0 Å². The smallest absolute Gasteiger partial charge is 0.332 e. The summed E-state index contributed by atoms with van der Waals surface area (Å²) in [6.45, 7) is 3.41. The van der Waals surface area contributed by atoms with E-state index in [9.17, 15) is 14.9 Å². The lowest BCUT2D eigenvalue weighted by molar-refractivity contribution is 0.496. The van der Waals surface area contributed by atoms with Gasteiger partial charge in [-0.25, -0.2) is 4.79 Å². The topological polar surface area (TPSA) is 115 Å². The van der Waals surface area contributed by atoms with E-state index in [1.165, 1.54) is 4.57 Å². The van der Waals surface area contributed by atoms with Gasteiger partial charge in [-0.3, -0.25) is 18.5 Å². The van der Waals surface area contributed by atoms with Crippen molar-refractivity contribution < 1.29 is 0 Å². The number of anilines is 1. The number of fused-ring (bicyclic) bond motifs is 1. The van der Waals surface area contributed by atoms with Crippen LogP contribution in [0.2, 0.25) is 0 Å². The normalized spacial score (nSPS) is 15.9. The molecule has 9 nitrogen and oxygen atoms in total. The summed E-state index contributed by atoms with van der Waals surface area (Å²) in [5.74, 6) is 6.49. The summed E-state index contributed by atoms with van der Waals surface area (Å²) in [6.07, 6.45) is 1.87. The van der Waals surface area contributed by atoms with Gasteiger partial charge in [0.25, 0.3) is 5.56 Å². The summed E-state index contributed by atoms with van der Waals surface area (Å²) in [5, 5.41) is 9.41. The Balaban J connectivity index is 1.94. The van der Waals surface area contributed by atoms with Gasteiger partial charge in [-0.05, 0) is 31.4 Å². The zero-order valence-corrected chi connectivity index (χ0v) is 18.2. The summed E-state index contributed by atoms with van der Waals surface area (Å²) >= 11 is 0. The highest BCUT2D eigenvalue weighted by Crippen LogP contribution is 2.23. The summed E-state index contributed by atoms with van der Waals surface area (Å²) < 4.78 is 4.31. The largest absolute Gasteiger partial charge is 0.341 e. The second kappa shape index (κ2) is 8.74. The predicted molar refractivity (Wildman–Crippen MR) is 122 cm³/mol. The number of hydrogen-bond acceptors (Lipinski definition) is 6.